The highest BCUT2D eigenvalue weighted by Crippen LogP contribution is 2.44. The van der Waals surface area contributed by atoms with Crippen LogP contribution in [-0.4, -0.2) is 32.4 Å². The Labute approximate surface area is 198 Å². The summed E-state index contributed by atoms with van der Waals surface area (Å²) in [5.41, 5.74) is 1.69. The minimum Gasteiger partial charge on any atom is -0.409 e. The number of thioether (sulfide) groups is 1. The van der Waals surface area contributed by atoms with Gasteiger partial charge in [-0.05, 0) is 47.1 Å². The highest BCUT2D eigenvalue weighted by molar-refractivity contribution is 8.00. The quantitative estimate of drug-likeness (QED) is 0.379. The molecule has 0 amide bonds. The minimum atomic E-state index is -1.96. The number of hydrogen-bond acceptors (Lipinski definition) is 5. The van der Waals surface area contributed by atoms with Crippen LogP contribution in [0.1, 0.15) is 59.4 Å². The molecule has 1 N–H and O–H groups in total. The molecule has 1 fully saturated rings. The molecule has 2 aromatic rings. The second kappa shape index (κ2) is 11.0. The summed E-state index contributed by atoms with van der Waals surface area (Å²) in [6, 6.07) is 15.0. The summed E-state index contributed by atoms with van der Waals surface area (Å²) >= 11 is 3.69. The Morgan fingerprint density at radius 1 is 0.968 bits per heavy atom. The smallest absolute Gasteiger partial charge is 0.200 e. The Bertz CT molecular complexity index is 760. The molecule has 1 aliphatic rings. The Balaban J connectivity index is 1.77. The van der Waals surface area contributed by atoms with Crippen molar-refractivity contribution in [2.45, 2.75) is 93.7 Å². The van der Waals surface area contributed by atoms with Crippen molar-refractivity contribution in [2.75, 3.05) is 6.54 Å². The molecular formula is C25H39NO2S2Si. The first-order chi connectivity index (χ1) is 14.8. The van der Waals surface area contributed by atoms with Crippen LogP contribution in [0.5, 0.6) is 0 Å². The van der Waals surface area contributed by atoms with E-state index in [1.54, 1.807) is 11.3 Å². The summed E-state index contributed by atoms with van der Waals surface area (Å²) in [6.07, 6.45) is -0.0115. The third-order valence-electron chi connectivity index (χ3n) is 6.53. The van der Waals surface area contributed by atoms with E-state index in [4.69, 9.17) is 9.16 Å². The van der Waals surface area contributed by atoms with E-state index >= 15 is 0 Å². The van der Waals surface area contributed by atoms with Gasteiger partial charge in [0.2, 0.25) is 8.32 Å². The van der Waals surface area contributed by atoms with Crippen molar-refractivity contribution >= 4 is 31.4 Å². The summed E-state index contributed by atoms with van der Waals surface area (Å²) in [5, 5.41) is 6.15. The summed E-state index contributed by atoms with van der Waals surface area (Å²) < 4.78 is 13.8. The van der Waals surface area contributed by atoms with E-state index in [1.165, 1.54) is 9.77 Å². The molecule has 4 atom stereocenters. The zero-order valence-corrected chi connectivity index (χ0v) is 22.6. The average Bonchev–Trinajstić information content (AvgIpc) is 3.26. The zero-order valence-electron chi connectivity index (χ0n) is 20.0. The van der Waals surface area contributed by atoms with Gasteiger partial charge in [-0.1, -0.05) is 65.8 Å². The number of ether oxygens (including phenoxy) is 1. The zero-order chi connectivity index (χ0) is 22.6. The van der Waals surface area contributed by atoms with Crippen molar-refractivity contribution in [1.29, 1.82) is 0 Å². The van der Waals surface area contributed by atoms with Gasteiger partial charge in [-0.15, -0.1) is 23.1 Å². The number of nitrogens with one attached hydrogen (secondary N) is 1. The fourth-order valence-corrected chi connectivity index (χ4v) is 12.9. The Morgan fingerprint density at radius 2 is 1.61 bits per heavy atom. The van der Waals surface area contributed by atoms with Crippen LogP contribution < -0.4 is 5.32 Å². The first-order valence-corrected chi connectivity index (χ1v) is 15.5. The molecule has 1 aliphatic heterocycles. The molecule has 2 heterocycles. The Morgan fingerprint density at radius 3 is 2.16 bits per heavy atom. The summed E-state index contributed by atoms with van der Waals surface area (Å²) in [7, 11) is -1.96. The summed E-state index contributed by atoms with van der Waals surface area (Å²) in [4.78, 5) is 2.58. The predicted molar refractivity (Wildman–Crippen MR) is 138 cm³/mol. The molecule has 3 rings (SSSR count). The van der Waals surface area contributed by atoms with E-state index in [2.05, 4.69) is 102 Å². The van der Waals surface area contributed by atoms with Crippen LogP contribution >= 0.6 is 23.1 Å². The van der Waals surface area contributed by atoms with E-state index in [9.17, 15) is 0 Å². The largest absolute Gasteiger partial charge is 0.409 e. The summed E-state index contributed by atoms with van der Waals surface area (Å²) in [6.45, 7) is 17.2. The first-order valence-electron chi connectivity index (χ1n) is 11.6. The van der Waals surface area contributed by atoms with Crippen LogP contribution in [0.15, 0.2) is 52.7 Å². The van der Waals surface area contributed by atoms with Gasteiger partial charge >= 0.3 is 0 Å². The second-order valence-electron chi connectivity index (χ2n) is 9.51. The SMILES string of the molecule is CC(C)[Si](O[C@@H](C)[C@@H]1NC[C@@H](Sc2ccccc2)[C@H](c2cccs2)O1)(C(C)C)C(C)C. The molecule has 1 aromatic carbocycles. The highest BCUT2D eigenvalue weighted by Gasteiger charge is 2.48. The fourth-order valence-electron chi connectivity index (χ4n) is 5.18. The van der Waals surface area contributed by atoms with Crippen LogP contribution in [0.2, 0.25) is 16.6 Å². The van der Waals surface area contributed by atoms with Crippen LogP contribution in [0.4, 0.5) is 0 Å². The van der Waals surface area contributed by atoms with Gasteiger partial charge in [0.15, 0.2) is 0 Å². The molecule has 0 saturated carbocycles. The van der Waals surface area contributed by atoms with E-state index in [1.807, 2.05) is 11.8 Å². The average molecular weight is 478 g/mol. The van der Waals surface area contributed by atoms with Gasteiger partial charge in [-0.2, -0.15) is 0 Å². The van der Waals surface area contributed by atoms with Gasteiger partial charge in [0.25, 0.3) is 0 Å². The molecule has 172 valence electrons. The molecular weight excluding hydrogens is 439 g/mol. The second-order valence-corrected chi connectivity index (χ2v) is 17.2. The molecule has 0 unspecified atom stereocenters. The van der Waals surface area contributed by atoms with Crippen molar-refractivity contribution in [3.8, 4) is 0 Å². The third kappa shape index (κ3) is 5.65. The van der Waals surface area contributed by atoms with Gasteiger partial charge < -0.3 is 9.16 Å². The monoisotopic (exact) mass is 477 g/mol. The minimum absolute atomic E-state index is 0.0176. The third-order valence-corrected chi connectivity index (χ3v) is 14.9. The normalized spacial score (nSPS) is 23.6. The fraction of sp³-hybridized carbons (Fsp3) is 0.600. The molecule has 0 aliphatic carbocycles. The van der Waals surface area contributed by atoms with Crippen LogP contribution in [-0.2, 0) is 9.16 Å². The Kier molecular flexibility index (Phi) is 8.86. The lowest BCUT2D eigenvalue weighted by Gasteiger charge is -2.47. The number of hydrogen-bond donors (Lipinski definition) is 1. The molecule has 1 saturated heterocycles. The molecule has 0 bridgehead atoms. The van der Waals surface area contributed by atoms with E-state index in [0.717, 1.165) is 6.54 Å². The van der Waals surface area contributed by atoms with Gasteiger partial charge in [-0.3, -0.25) is 5.32 Å². The van der Waals surface area contributed by atoms with Crippen molar-refractivity contribution in [2.24, 2.45) is 0 Å². The lowest BCUT2D eigenvalue weighted by molar-refractivity contribution is -0.106. The number of benzene rings is 1. The maximum Gasteiger partial charge on any atom is 0.200 e. The maximum absolute atomic E-state index is 7.03. The Hall–Kier alpha value is -0.633. The predicted octanol–water partition coefficient (Wildman–Crippen LogP) is 7.48. The van der Waals surface area contributed by atoms with E-state index < -0.39 is 8.32 Å². The van der Waals surface area contributed by atoms with Gasteiger partial charge in [0, 0.05) is 16.3 Å². The maximum atomic E-state index is 7.03. The van der Waals surface area contributed by atoms with Crippen molar-refractivity contribution in [3.05, 3.63) is 52.7 Å². The molecule has 0 radical (unpaired) electrons. The van der Waals surface area contributed by atoms with Crippen molar-refractivity contribution in [1.82, 2.24) is 5.32 Å². The molecule has 3 nitrogen and oxygen atoms in total. The van der Waals surface area contributed by atoms with Gasteiger partial charge in [0.1, 0.15) is 12.3 Å². The van der Waals surface area contributed by atoms with Gasteiger partial charge in [0.05, 0.1) is 11.4 Å². The highest BCUT2D eigenvalue weighted by atomic mass is 32.2. The molecule has 6 heteroatoms. The lowest BCUT2D eigenvalue weighted by Crippen LogP contribution is -2.57. The van der Waals surface area contributed by atoms with E-state index in [-0.39, 0.29) is 18.4 Å². The van der Waals surface area contributed by atoms with Crippen LogP contribution in [0.3, 0.4) is 0 Å². The van der Waals surface area contributed by atoms with Crippen LogP contribution in [0.25, 0.3) is 0 Å². The topological polar surface area (TPSA) is 30.5 Å². The molecule has 31 heavy (non-hydrogen) atoms. The molecule has 0 spiro atoms. The van der Waals surface area contributed by atoms with Crippen LogP contribution in [0, 0.1) is 0 Å². The standard InChI is InChI=1S/C25H39NO2S2Si/c1-17(2)31(18(3)4,19(5)6)28-20(7)25-26-16-23(30-21-12-9-8-10-13-21)24(27-25)22-14-11-15-29-22/h8-15,17-20,23-26H,16H2,1-7H3/t20-,23+,24-,25+/m0/s1. The number of rotatable bonds is 9. The first kappa shape index (κ1) is 25.0. The van der Waals surface area contributed by atoms with E-state index in [0.29, 0.717) is 21.9 Å². The lowest BCUT2D eigenvalue weighted by atomic mass is 10.1. The molecule has 1 aromatic heterocycles. The van der Waals surface area contributed by atoms with Crippen molar-refractivity contribution in [3.63, 3.8) is 0 Å². The van der Waals surface area contributed by atoms with Gasteiger partial charge in [-0.25, -0.2) is 0 Å². The van der Waals surface area contributed by atoms with Crippen molar-refractivity contribution < 1.29 is 9.16 Å². The summed E-state index contributed by atoms with van der Waals surface area (Å²) in [5.74, 6) is 0. The number of thiophene rings is 1.